The summed E-state index contributed by atoms with van der Waals surface area (Å²) in [5, 5.41) is 7.08. The fourth-order valence-corrected chi connectivity index (χ4v) is 1.92. The van der Waals surface area contributed by atoms with Crippen LogP contribution in [0.15, 0.2) is 42.7 Å². The van der Waals surface area contributed by atoms with Gasteiger partial charge in [0.2, 0.25) is 5.91 Å². The Hall–Kier alpha value is -2.14. The quantitative estimate of drug-likeness (QED) is 0.848. The highest BCUT2D eigenvalue weighted by molar-refractivity contribution is 5.77. The van der Waals surface area contributed by atoms with Gasteiger partial charge in [-0.15, -0.1) is 0 Å². The van der Waals surface area contributed by atoms with Crippen molar-refractivity contribution >= 4 is 5.91 Å². The number of nitrogens with zero attached hydrogens (tertiary/aromatic N) is 2. The summed E-state index contributed by atoms with van der Waals surface area (Å²) in [6.45, 7) is 5.06. The Bertz CT molecular complexity index is 566. The molecule has 0 saturated carbocycles. The van der Waals surface area contributed by atoms with Crippen molar-refractivity contribution in [2.24, 2.45) is 0 Å². The number of nitrogens with one attached hydrogen (secondary N) is 1. The van der Waals surface area contributed by atoms with Gasteiger partial charge in [-0.1, -0.05) is 30.3 Å². The molecule has 1 atom stereocenters. The molecule has 0 fully saturated rings. The fourth-order valence-electron chi connectivity index (χ4n) is 1.92. The summed E-state index contributed by atoms with van der Waals surface area (Å²) in [4.78, 5) is 11.7. The highest BCUT2D eigenvalue weighted by Gasteiger charge is 2.08. The van der Waals surface area contributed by atoms with Gasteiger partial charge in [-0.3, -0.25) is 9.48 Å². The zero-order chi connectivity index (χ0) is 15.1. The lowest BCUT2D eigenvalue weighted by atomic mass is 10.2. The van der Waals surface area contributed by atoms with E-state index in [1.165, 1.54) is 0 Å². The zero-order valence-corrected chi connectivity index (χ0v) is 12.5. The van der Waals surface area contributed by atoms with Gasteiger partial charge in [0.15, 0.2) is 0 Å². The summed E-state index contributed by atoms with van der Waals surface area (Å²) in [7, 11) is 0. The number of amides is 1. The number of carbonyl (C=O) groups excluding carboxylic acids is 1. The summed E-state index contributed by atoms with van der Waals surface area (Å²) >= 11 is 0. The molecule has 1 amide bonds. The minimum Gasteiger partial charge on any atom is -0.367 e. The lowest BCUT2D eigenvalue weighted by Gasteiger charge is -2.13. The Morgan fingerprint density at radius 3 is 2.81 bits per heavy atom. The van der Waals surface area contributed by atoms with Crippen LogP contribution in [-0.4, -0.2) is 28.8 Å². The van der Waals surface area contributed by atoms with Crippen LogP contribution in [0.25, 0.3) is 0 Å². The molecular formula is C16H21N3O2. The molecule has 1 aromatic heterocycles. The number of aromatic nitrogens is 2. The molecule has 0 spiro atoms. The van der Waals surface area contributed by atoms with E-state index in [4.69, 9.17) is 4.74 Å². The summed E-state index contributed by atoms with van der Waals surface area (Å²) < 4.78 is 7.24. The molecular weight excluding hydrogens is 266 g/mol. The van der Waals surface area contributed by atoms with Crippen LogP contribution in [0.2, 0.25) is 0 Å². The van der Waals surface area contributed by atoms with E-state index < -0.39 is 0 Å². The van der Waals surface area contributed by atoms with Crippen molar-refractivity contribution in [2.45, 2.75) is 26.5 Å². The number of hydrogen-bond acceptors (Lipinski definition) is 3. The van der Waals surface area contributed by atoms with Gasteiger partial charge in [0, 0.05) is 12.7 Å². The predicted octanol–water partition coefficient (Wildman–Crippen LogP) is 2.09. The molecule has 0 aliphatic carbocycles. The lowest BCUT2D eigenvalue weighted by molar-refractivity contribution is -0.126. The highest BCUT2D eigenvalue weighted by atomic mass is 16.5. The molecule has 2 rings (SSSR count). The third kappa shape index (κ3) is 5.04. The van der Waals surface area contributed by atoms with E-state index in [1.54, 1.807) is 6.20 Å². The van der Waals surface area contributed by atoms with Crippen molar-refractivity contribution in [3.8, 4) is 0 Å². The second-order valence-electron chi connectivity index (χ2n) is 5.13. The Morgan fingerprint density at radius 2 is 2.14 bits per heavy atom. The number of aryl methyl sites for hydroxylation is 1. The van der Waals surface area contributed by atoms with Crippen LogP contribution in [0.1, 0.15) is 24.1 Å². The Kier molecular flexibility index (Phi) is 5.51. The molecule has 5 heteroatoms. The number of ether oxygens (including phenoxy) is 1. The van der Waals surface area contributed by atoms with Gasteiger partial charge in [-0.05, 0) is 25.0 Å². The van der Waals surface area contributed by atoms with E-state index in [0.717, 1.165) is 11.1 Å². The van der Waals surface area contributed by atoms with Gasteiger partial charge in [-0.25, -0.2) is 0 Å². The van der Waals surface area contributed by atoms with E-state index in [0.29, 0.717) is 13.2 Å². The van der Waals surface area contributed by atoms with Crippen molar-refractivity contribution in [1.82, 2.24) is 15.1 Å². The number of carbonyl (C=O) groups is 1. The molecule has 0 radical (unpaired) electrons. The van der Waals surface area contributed by atoms with Crippen LogP contribution in [0.4, 0.5) is 0 Å². The summed E-state index contributed by atoms with van der Waals surface area (Å²) in [6, 6.07) is 9.92. The molecule has 0 saturated heterocycles. The van der Waals surface area contributed by atoms with Crippen LogP contribution < -0.4 is 5.32 Å². The second-order valence-corrected chi connectivity index (χ2v) is 5.13. The molecule has 0 bridgehead atoms. The van der Waals surface area contributed by atoms with Crippen LogP contribution in [0.3, 0.4) is 0 Å². The minimum absolute atomic E-state index is 0.0692. The van der Waals surface area contributed by atoms with E-state index in [1.807, 2.05) is 55.1 Å². The average Bonchev–Trinajstić information content (AvgIpc) is 2.92. The highest BCUT2D eigenvalue weighted by Crippen LogP contribution is 2.04. The zero-order valence-electron chi connectivity index (χ0n) is 12.5. The lowest BCUT2D eigenvalue weighted by Crippen LogP contribution is -2.32. The molecule has 2 aromatic rings. The maximum Gasteiger partial charge on any atom is 0.246 e. The summed E-state index contributed by atoms with van der Waals surface area (Å²) in [6.07, 6.45) is 3.77. The smallest absolute Gasteiger partial charge is 0.246 e. The van der Waals surface area contributed by atoms with Crippen molar-refractivity contribution in [3.63, 3.8) is 0 Å². The van der Waals surface area contributed by atoms with Gasteiger partial charge >= 0.3 is 0 Å². The third-order valence-electron chi connectivity index (χ3n) is 3.12. The van der Waals surface area contributed by atoms with Crippen molar-refractivity contribution in [2.75, 3.05) is 13.2 Å². The first-order valence-corrected chi connectivity index (χ1v) is 7.04. The molecule has 1 N–H and O–H groups in total. The van der Waals surface area contributed by atoms with Crippen molar-refractivity contribution in [3.05, 3.63) is 53.9 Å². The molecule has 21 heavy (non-hydrogen) atoms. The summed E-state index contributed by atoms with van der Waals surface area (Å²) in [5.41, 5.74) is 2.17. The average molecular weight is 287 g/mol. The van der Waals surface area contributed by atoms with Crippen LogP contribution in [-0.2, 0) is 16.1 Å². The van der Waals surface area contributed by atoms with Gasteiger partial charge < -0.3 is 10.1 Å². The van der Waals surface area contributed by atoms with E-state index in [9.17, 15) is 4.79 Å². The van der Waals surface area contributed by atoms with E-state index in [-0.39, 0.29) is 18.6 Å². The Balaban J connectivity index is 1.65. The largest absolute Gasteiger partial charge is 0.367 e. The van der Waals surface area contributed by atoms with Gasteiger partial charge in [0.1, 0.15) is 6.61 Å². The first-order chi connectivity index (χ1) is 10.1. The van der Waals surface area contributed by atoms with Gasteiger partial charge in [0.25, 0.3) is 0 Å². The molecule has 112 valence electrons. The number of rotatable bonds is 7. The van der Waals surface area contributed by atoms with Crippen molar-refractivity contribution < 1.29 is 9.53 Å². The molecule has 0 unspecified atom stereocenters. The maximum atomic E-state index is 11.7. The van der Waals surface area contributed by atoms with Gasteiger partial charge in [0.05, 0.1) is 18.8 Å². The van der Waals surface area contributed by atoms with Crippen LogP contribution >= 0.6 is 0 Å². The minimum atomic E-state index is -0.110. The molecule has 0 aliphatic heterocycles. The summed E-state index contributed by atoms with van der Waals surface area (Å²) in [5.74, 6) is -0.110. The standard InChI is InChI=1S/C16H21N3O2/c1-13-8-18-19(10-13)14(2)9-17-16(20)12-21-11-15-6-4-3-5-7-15/h3-8,10,14H,9,11-12H2,1-2H3,(H,17,20)/t14-/m1/s1. The van der Waals surface area contributed by atoms with Gasteiger partial charge in [-0.2, -0.15) is 5.10 Å². The third-order valence-corrected chi connectivity index (χ3v) is 3.12. The second kappa shape index (κ2) is 7.59. The number of benzene rings is 1. The normalized spacial score (nSPS) is 12.1. The molecule has 0 aliphatic rings. The Morgan fingerprint density at radius 1 is 1.38 bits per heavy atom. The predicted molar refractivity (Wildman–Crippen MR) is 80.8 cm³/mol. The van der Waals surface area contributed by atoms with E-state index >= 15 is 0 Å². The fraction of sp³-hybridized carbons (Fsp3) is 0.375. The van der Waals surface area contributed by atoms with Crippen molar-refractivity contribution in [1.29, 1.82) is 0 Å². The van der Waals surface area contributed by atoms with Crippen LogP contribution in [0.5, 0.6) is 0 Å². The molecule has 1 aromatic carbocycles. The first kappa shape index (κ1) is 15.3. The Labute approximate surface area is 124 Å². The SMILES string of the molecule is Cc1cnn([C@H](C)CNC(=O)COCc2ccccc2)c1. The number of hydrogen-bond donors (Lipinski definition) is 1. The van der Waals surface area contributed by atoms with Crippen LogP contribution in [0, 0.1) is 6.92 Å². The first-order valence-electron chi connectivity index (χ1n) is 7.04. The van der Waals surface area contributed by atoms with E-state index in [2.05, 4.69) is 10.4 Å². The molecule has 5 nitrogen and oxygen atoms in total. The molecule has 1 heterocycles. The monoisotopic (exact) mass is 287 g/mol. The topological polar surface area (TPSA) is 56.2 Å². The maximum absolute atomic E-state index is 11.7.